The molecule has 2 N–H and O–H groups in total. The lowest BCUT2D eigenvalue weighted by Gasteiger charge is -2.17. The number of carbonyl (C=O) groups excluding carboxylic acids is 1. The number of hydrogen-bond donors (Lipinski definition) is 2. The first-order valence-corrected chi connectivity index (χ1v) is 6.71. The van der Waals surface area contributed by atoms with Crippen molar-refractivity contribution in [3.05, 3.63) is 35.4 Å². The van der Waals surface area contributed by atoms with Crippen LogP contribution in [0.1, 0.15) is 5.56 Å². The fraction of sp³-hybridized carbons (Fsp3) is 0.400. The van der Waals surface area contributed by atoms with E-state index in [9.17, 15) is 4.79 Å². The van der Waals surface area contributed by atoms with E-state index in [0.717, 1.165) is 24.4 Å². The highest BCUT2D eigenvalue weighted by molar-refractivity contribution is 5.99. The third-order valence-corrected chi connectivity index (χ3v) is 2.99. The van der Waals surface area contributed by atoms with Gasteiger partial charge < -0.3 is 20.1 Å². The third-order valence-electron chi connectivity index (χ3n) is 2.99. The molecule has 5 nitrogen and oxygen atoms in total. The van der Waals surface area contributed by atoms with Crippen LogP contribution in [0.4, 0.5) is 0 Å². The van der Waals surface area contributed by atoms with Gasteiger partial charge in [-0.2, -0.15) is 0 Å². The maximum atomic E-state index is 12.0. The van der Waals surface area contributed by atoms with Crippen LogP contribution in [0.15, 0.2) is 29.8 Å². The molecule has 1 amide bonds. The van der Waals surface area contributed by atoms with E-state index in [1.165, 1.54) is 0 Å². The van der Waals surface area contributed by atoms with E-state index in [4.69, 9.17) is 9.47 Å². The minimum absolute atomic E-state index is 0. The molecule has 1 aliphatic heterocycles. The van der Waals surface area contributed by atoms with Crippen molar-refractivity contribution in [2.75, 3.05) is 40.0 Å². The molecule has 0 spiro atoms. The van der Waals surface area contributed by atoms with Crippen molar-refractivity contribution in [2.24, 2.45) is 0 Å². The van der Waals surface area contributed by atoms with Crippen LogP contribution < -0.4 is 15.4 Å². The molecular weight excluding hydrogens is 292 g/mol. The van der Waals surface area contributed by atoms with Crippen molar-refractivity contribution < 1.29 is 14.3 Å². The van der Waals surface area contributed by atoms with Crippen molar-refractivity contribution in [1.29, 1.82) is 0 Å². The van der Waals surface area contributed by atoms with Crippen molar-refractivity contribution >= 4 is 24.4 Å². The molecule has 1 aromatic rings. The van der Waals surface area contributed by atoms with Crippen LogP contribution in [0.25, 0.3) is 6.08 Å². The number of hydrogen-bond acceptors (Lipinski definition) is 4. The van der Waals surface area contributed by atoms with Crippen LogP contribution in [0, 0.1) is 0 Å². The predicted molar refractivity (Wildman–Crippen MR) is 84.9 cm³/mol. The van der Waals surface area contributed by atoms with Gasteiger partial charge >= 0.3 is 0 Å². The molecule has 0 aromatic heterocycles. The fourth-order valence-electron chi connectivity index (χ4n) is 1.92. The summed E-state index contributed by atoms with van der Waals surface area (Å²) in [5.41, 5.74) is 1.60. The molecule has 116 valence electrons. The number of rotatable bonds is 7. The zero-order valence-electron chi connectivity index (χ0n) is 12.1. The average molecular weight is 313 g/mol. The monoisotopic (exact) mass is 312 g/mol. The Morgan fingerprint density at radius 2 is 2.10 bits per heavy atom. The summed E-state index contributed by atoms with van der Waals surface area (Å²) in [6.07, 6.45) is 1.88. The van der Waals surface area contributed by atoms with Crippen LogP contribution in [-0.2, 0) is 9.53 Å². The Morgan fingerprint density at radius 1 is 1.29 bits per heavy atom. The molecular formula is C15H21ClN2O3. The molecule has 2 rings (SSSR count). The maximum absolute atomic E-state index is 12.0. The lowest BCUT2D eigenvalue weighted by molar-refractivity contribution is -0.117. The summed E-state index contributed by atoms with van der Waals surface area (Å²) in [6.45, 7) is 3.08. The van der Waals surface area contributed by atoms with E-state index < -0.39 is 0 Å². The Balaban J connectivity index is 0.00000220. The summed E-state index contributed by atoms with van der Waals surface area (Å²) >= 11 is 0. The normalized spacial score (nSPS) is 12.5. The van der Waals surface area contributed by atoms with Crippen LogP contribution >= 0.6 is 12.4 Å². The number of benzene rings is 1. The second kappa shape index (κ2) is 9.39. The highest BCUT2D eigenvalue weighted by atomic mass is 35.5. The van der Waals surface area contributed by atoms with E-state index in [2.05, 4.69) is 10.6 Å². The number of para-hydroxylation sites is 1. The van der Waals surface area contributed by atoms with E-state index in [0.29, 0.717) is 25.3 Å². The van der Waals surface area contributed by atoms with Crippen LogP contribution in [0.3, 0.4) is 0 Å². The number of fused-ring (bicyclic) bond motifs is 1. The summed E-state index contributed by atoms with van der Waals surface area (Å²) in [7, 11) is 1.66. The van der Waals surface area contributed by atoms with Gasteiger partial charge in [0.05, 0.1) is 12.2 Å². The summed E-state index contributed by atoms with van der Waals surface area (Å²) in [5.74, 6) is 0.748. The van der Waals surface area contributed by atoms with Gasteiger partial charge in [-0.1, -0.05) is 18.2 Å². The molecule has 0 bridgehead atoms. The van der Waals surface area contributed by atoms with Gasteiger partial charge in [-0.15, -0.1) is 12.4 Å². The Bertz CT molecular complexity index is 492. The second-order valence-corrected chi connectivity index (χ2v) is 4.49. The smallest absolute Gasteiger partial charge is 0.250 e. The van der Waals surface area contributed by atoms with Gasteiger partial charge in [0.25, 0.3) is 5.91 Å². The summed E-state index contributed by atoms with van der Waals surface area (Å²) in [4.78, 5) is 12.0. The van der Waals surface area contributed by atoms with E-state index in [1.807, 2.05) is 30.3 Å². The standard InChI is InChI=1S/C15H20N2O3.ClH/c1-19-9-8-16-6-7-17-15(18)13-10-12-4-2-3-5-14(12)20-11-13;/h2-5,10,16H,6-9,11H2,1H3,(H,17,18);1H. The van der Waals surface area contributed by atoms with Crippen molar-refractivity contribution in [1.82, 2.24) is 10.6 Å². The summed E-state index contributed by atoms with van der Waals surface area (Å²) in [6, 6.07) is 7.69. The highest BCUT2D eigenvalue weighted by Gasteiger charge is 2.16. The first-order valence-electron chi connectivity index (χ1n) is 6.71. The van der Waals surface area contributed by atoms with Crippen molar-refractivity contribution in [2.45, 2.75) is 0 Å². The number of halogens is 1. The second-order valence-electron chi connectivity index (χ2n) is 4.49. The third kappa shape index (κ3) is 5.38. The Hall–Kier alpha value is -1.56. The first-order chi connectivity index (χ1) is 9.81. The predicted octanol–water partition coefficient (Wildman–Crippen LogP) is 1.24. The minimum Gasteiger partial charge on any atom is -0.488 e. The number of methoxy groups -OCH3 is 1. The maximum Gasteiger partial charge on any atom is 0.250 e. The fourth-order valence-corrected chi connectivity index (χ4v) is 1.92. The summed E-state index contributed by atoms with van der Waals surface area (Å²) in [5, 5.41) is 6.04. The molecule has 0 aliphatic carbocycles. The molecule has 1 heterocycles. The largest absolute Gasteiger partial charge is 0.488 e. The Kier molecular flexibility index (Phi) is 7.82. The van der Waals surface area contributed by atoms with Crippen LogP contribution in [0.2, 0.25) is 0 Å². The molecule has 0 saturated heterocycles. The Labute approximate surface area is 131 Å². The number of amides is 1. The lowest BCUT2D eigenvalue weighted by Crippen LogP contribution is -2.35. The molecule has 0 atom stereocenters. The zero-order valence-corrected chi connectivity index (χ0v) is 12.9. The van der Waals surface area contributed by atoms with Gasteiger partial charge in [0, 0.05) is 32.3 Å². The van der Waals surface area contributed by atoms with Gasteiger partial charge in [0.15, 0.2) is 0 Å². The van der Waals surface area contributed by atoms with Gasteiger partial charge in [-0.25, -0.2) is 0 Å². The highest BCUT2D eigenvalue weighted by Crippen LogP contribution is 2.25. The van der Waals surface area contributed by atoms with Gasteiger partial charge in [-0.05, 0) is 12.1 Å². The van der Waals surface area contributed by atoms with Crippen molar-refractivity contribution in [3.63, 3.8) is 0 Å². The van der Waals surface area contributed by atoms with Gasteiger partial charge in [-0.3, -0.25) is 4.79 Å². The molecule has 1 aliphatic rings. The van der Waals surface area contributed by atoms with E-state index in [-0.39, 0.29) is 18.3 Å². The molecule has 6 heteroatoms. The molecule has 0 fully saturated rings. The van der Waals surface area contributed by atoms with Crippen molar-refractivity contribution in [3.8, 4) is 5.75 Å². The van der Waals surface area contributed by atoms with Gasteiger partial charge in [0.1, 0.15) is 12.4 Å². The topological polar surface area (TPSA) is 59.6 Å². The quantitative estimate of drug-likeness (QED) is 0.744. The molecule has 0 saturated carbocycles. The van der Waals surface area contributed by atoms with E-state index >= 15 is 0 Å². The van der Waals surface area contributed by atoms with Crippen LogP contribution in [0.5, 0.6) is 5.75 Å². The zero-order chi connectivity index (χ0) is 14.2. The molecule has 21 heavy (non-hydrogen) atoms. The molecule has 1 aromatic carbocycles. The number of ether oxygens (including phenoxy) is 2. The Morgan fingerprint density at radius 3 is 2.90 bits per heavy atom. The van der Waals surface area contributed by atoms with Gasteiger partial charge in [0.2, 0.25) is 0 Å². The molecule has 0 radical (unpaired) electrons. The average Bonchev–Trinajstić information content (AvgIpc) is 2.50. The lowest BCUT2D eigenvalue weighted by atomic mass is 10.1. The number of carbonyl (C=O) groups is 1. The minimum atomic E-state index is -0.0759. The number of nitrogens with one attached hydrogen (secondary N) is 2. The van der Waals surface area contributed by atoms with E-state index in [1.54, 1.807) is 7.11 Å². The first kappa shape index (κ1) is 17.5. The van der Waals surface area contributed by atoms with Crippen LogP contribution in [-0.4, -0.2) is 45.9 Å². The SMILES string of the molecule is COCCNCCNC(=O)C1=Cc2ccccc2OC1.Cl. The summed E-state index contributed by atoms with van der Waals surface area (Å²) < 4.78 is 10.5. The molecule has 0 unspecified atom stereocenters.